The number of esters is 1. The van der Waals surface area contributed by atoms with Crippen LogP contribution in [0, 0.1) is 5.92 Å². The van der Waals surface area contributed by atoms with Gasteiger partial charge in [0.05, 0.1) is 12.5 Å². The molecule has 1 N–H and O–H groups in total. The molecule has 2 atom stereocenters. The zero-order valence-corrected chi connectivity index (χ0v) is 12.6. The van der Waals surface area contributed by atoms with Crippen LogP contribution in [0.15, 0.2) is 0 Å². The molecule has 0 radical (unpaired) electrons. The number of aliphatic hydroxyl groups excluding tert-OH is 1. The van der Waals surface area contributed by atoms with Gasteiger partial charge in [-0.25, -0.2) is 4.79 Å². The Kier molecular flexibility index (Phi) is 8.07. The van der Waals surface area contributed by atoms with Gasteiger partial charge >= 0.3 is 18.6 Å². The minimum Gasteiger partial charge on any atom is -0.436 e. The number of aliphatic hydroxyl groups is 1. The molecule has 0 bridgehead atoms. The van der Waals surface area contributed by atoms with Crippen LogP contribution in [0.4, 0.5) is 4.79 Å². The van der Waals surface area contributed by atoms with E-state index in [-0.39, 0.29) is 18.5 Å². The van der Waals surface area contributed by atoms with Crippen LogP contribution in [-0.4, -0.2) is 36.6 Å². The maximum atomic E-state index is 11.8. The minimum absolute atomic E-state index is 0.114. The lowest BCUT2D eigenvalue weighted by Crippen LogP contribution is -2.31. The number of rotatable bonds is 7. The van der Waals surface area contributed by atoms with Crippen molar-refractivity contribution in [3.05, 3.63) is 0 Å². The third-order valence-corrected chi connectivity index (χ3v) is 3.15. The standard InChI is InChI=1S/C14H24O7/c1-3-9-18-13(16)21-14(17)20-10(2)19-12(15)11-7-5-4-6-8-11/h10-11,14,17H,3-9H2,1-2H3. The summed E-state index contributed by atoms with van der Waals surface area (Å²) in [5, 5.41) is 9.38. The van der Waals surface area contributed by atoms with Crippen LogP contribution in [0.1, 0.15) is 52.4 Å². The molecule has 122 valence electrons. The van der Waals surface area contributed by atoms with Gasteiger partial charge in [-0.2, -0.15) is 0 Å². The number of carbonyl (C=O) groups is 2. The molecular weight excluding hydrogens is 280 g/mol. The van der Waals surface area contributed by atoms with Crippen molar-refractivity contribution in [3.8, 4) is 0 Å². The van der Waals surface area contributed by atoms with E-state index in [9.17, 15) is 14.7 Å². The Labute approximate surface area is 124 Å². The molecule has 1 saturated carbocycles. The van der Waals surface area contributed by atoms with Gasteiger partial charge in [-0.3, -0.25) is 9.53 Å². The number of hydrogen-bond donors (Lipinski definition) is 1. The van der Waals surface area contributed by atoms with Crippen LogP contribution in [0.25, 0.3) is 0 Å². The highest BCUT2D eigenvalue weighted by atomic mass is 16.9. The van der Waals surface area contributed by atoms with Crippen molar-refractivity contribution in [3.63, 3.8) is 0 Å². The molecule has 1 aliphatic carbocycles. The third-order valence-electron chi connectivity index (χ3n) is 3.15. The summed E-state index contributed by atoms with van der Waals surface area (Å²) in [4.78, 5) is 22.9. The second-order valence-corrected chi connectivity index (χ2v) is 5.00. The first-order valence-corrected chi connectivity index (χ1v) is 7.40. The molecule has 2 unspecified atom stereocenters. The van der Waals surface area contributed by atoms with E-state index in [1.165, 1.54) is 6.92 Å². The minimum atomic E-state index is -1.83. The highest BCUT2D eigenvalue weighted by molar-refractivity contribution is 5.72. The molecule has 0 amide bonds. The van der Waals surface area contributed by atoms with Crippen LogP contribution in [0.3, 0.4) is 0 Å². The Morgan fingerprint density at radius 1 is 1.19 bits per heavy atom. The average Bonchev–Trinajstić information content (AvgIpc) is 2.45. The molecule has 21 heavy (non-hydrogen) atoms. The van der Waals surface area contributed by atoms with Gasteiger partial charge in [0.2, 0.25) is 6.29 Å². The van der Waals surface area contributed by atoms with Crippen molar-refractivity contribution < 1.29 is 33.6 Å². The van der Waals surface area contributed by atoms with E-state index < -0.39 is 18.9 Å². The fraction of sp³-hybridized carbons (Fsp3) is 0.857. The average molecular weight is 304 g/mol. The number of hydrogen-bond acceptors (Lipinski definition) is 7. The lowest BCUT2D eigenvalue weighted by molar-refractivity contribution is -0.298. The Bertz CT molecular complexity index is 325. The molecule has 1 aliphatic rings. The molecule has 0 spiro atoms. The fourth-order valence-electron chi connectivity index (χ4n) is 2.12. The van der Waals surface area contributed by atoms with E-state index in [0.29, 0.717) is 6.42 Å². The molecule has 0 aliphatic heterocycles. The Morgan fingerprint density at radius 3 is 2.48 bits per heavy atom. The van der Waals surface area contributed by atoms with Crippen molar-refractivity contribution in [2.24, 2.45) is 5.92 Å². The maximum Gasteiger partial charge on any atom is 0.512 e. The van der Waals surface area contributed by atoms with E-state index in [4.69, 9.17) is 9.47 Å². The Morgan fingerprint density at radius 2 is 1.86 bits per heavy atom. The molecule has 0 aromatic carbocycles. The molecule has 7 heteroatoms. The Hall–Kier alpha value is -1.34. The van der Waals surface area contributed by atoms with E-state index in [2.05, 4.69) is 9.47 Å². The van der Waals surface area contributed by atoms with Gasteiger partial charge in [-0.05, 0) is 26.2 Å². The molecule has 0 heterocycles. The first-order valence-electron chi connectivity index (χ1n) is 7.40. The van der Waals surface area contributed by atoms with Crippen LogP contribution < -0.4 is 0 Å². The normalized spacial score (nSPS) is 18.6. The van der Waals surface area contributed by atoms with E-state index >= 15 is 0 Å². The van der Waals surface area contributed by atoms with Crippen molar-refractivity contribution in [1.29, 1.82) is 0 Å². The molecule has 1 fully saturated rings. The van der Waals surface area contributed by atoms with Gasteiger partial charge < -0.3 is 19.3 Å². The topological polar surface area (TPSA) is 91.3 Å². The fourth-order valence-corrected chi connectivity index (χ4v) is 2.12. The van der Waals surface area contributed by atoms with E-state index in [0.717, 1.165) is 32.1 Å². The summed E-state index contributed by atoms with van der Waals surface area (Å²) in [7, 11) is 0. The van der Waals surface area contributed by atoms with Crippen LogP contribution in [0.5, 0.6) is 0 Å². The summed E-state index contributed by atoms with van der Waals surface area (Å²) >= 11 is 0. The van der Waals surface area contributed by atoms with Gasteiger partial charge in [-0.1, -0.05) is 26.2 Å². The Balaban J connectivity index is 2.23. The van der Waals surface area contributed by atoms with Crippen LogP contribution in [0.2, 0.25) is 0 Å². The quantitative estimate of drug-likeness (QED) is 0.570. The summed E-state index contributed by atoms with van der Waals surface area (Å²) in [5.41, 5.74) is 0. The monoisotopic (exact) mass is 304 g/mol. The highest BCUT2D eigenvalue weighted by Gasteiger charge is 2.25. The zero-order valence-electron chi connectivity index (χ0n) is 12.6. The van der Waals surface area contributed by atoms with Gasteiger partial charge in [0.25, 0.3) is 0 Å². The summed E-state index contributed by atoms with van der Waals surface area (Å²) in [6, 6.07) is 0. The predicted octanol–water partition coefficient (Wildman–Crippen LogP) is 2.31. The van der Waals surface area contributed by atoms with E-state index in [1.807, 2.05) is 6.92 Å². The first kappa shape index (κ1) is 17.7. The maximum absolute atomic E-state index is 11.8. The second kappa shape index (κ2) is 9.57. The predicted molar refractivity (Wildman–Crippen MR) is 71.9 cm³/mol. The molecule has 0 saturated heterocycles. The lowest BCUT2D eigenvalue weighted by atomic mass is 9.89. The summed E-state index contributed by atoms with van der Waals surface area (Å²) < 4.78 is 19.0. The van der Waals surface area contributed by atoms with Gasteiger partial charge in [0.1, 0.15) is 0 Å². The molecule has 1 rings (SSSR count). The number of ether oxygens (including phenoxy) is 4. The first-order chi connectivity index (χ1) is 10.0. The summed E-state index contributed by atoms with van der Waals surface area (Å²) in [5.74, 6) is -0.458. The molecule has 0 aromatic heterocycles. The highest BCUT2D eigenvalue weighted by Crippen LogP contribution is 2.25. The van der Waals surface area contributed by atoms with Gasteiger partial charge in [0.15, 0.2) is 0 Å². The molecule has 7 nitrogen and oxygen atoms in total. The number of carbonyl (C=O) groups excluding carboxylic acids is 2. The van der Waals surface area contributed by atoms with Crippen molar-refractivity contribution >= 4 is 12.1 Å². The van der Waals surface area contributed by atoms with Gasteiger partial charge in [0, 0.05) is 0 Å². The smallest absolute Gasteiger partial charge is 0.436 e. The zero-order chi connectivity index (χ0) is 15.7. The largest absolute Gasteiger partial charge is 0.512 e. The molecular formula is C14H24O7. The van der Waals surface area contributed by atoms with Crippen LogP contribution in [-0.2, 0) is 23.7 Å². The van der Waals surface area contributed by atoms with Crippen molar-refractivity contribution in [2.75, 3.05) is 6.61 Å². The van der Waals surface area contributed by atoms with Crippen molar-refractivity contribution in [1.82, 2.24) is 0 Å². The van der Waals surface area contributed by atoms with E-state index in [1.54, 1.807) is 0 Å². The van der Waals surface area contributed by atoms with Gasteiger partial charge in [-0.15, -0.1) is 0 Å². The van der Waals surface area contributed by atoms with Crippen LogP contribution >= 0.6 is 0 Å². The molecule has 0 aromatic rings. The summed E-state index contributed by atoms with van der Waals surface area (Å²) in [6.45, 7) is 1.64. The second-order valence-electron chi connectivity index (χ2n) is 5.00. The van der Waals surface area contributed by atoms with Crippen molar-refractivity contribution in [2.45, 2.75) is 65.1 Å². The third kappa shape index (κ3) is 7.29. The SMILES string of the molecule is CCCOC(=O)OC(O)OC(C)OC(=O)C1CCCCC1. The summed E-state index contributed by atoms with van der Waals surface area (Å²) in [6.07, 6.45) is 3.41. The lowest BCUT2D eigenvalue weighted by Gasteiger charge is -2.23.